The van der Waals surface area contributed by atoms with Crippen LogP contribution in [0.15, 0.2) is 29.4 Å². The van der Waals surface area contributed by atoms with Gasteiger partial charge in [0.1, 0.15) is 16.5 Å². The molecule has 0 aliphatic carbocycles. The predicted molar refractivity (Wildman–Crippen MR) is 72.0 cm³/mol. The van der Waals surface area contributed by atoms with Crippen molar-refractivity contribution in [3.8, 4) is 5.75 Å². The van der Waals surface area contributed by atoms with Gasteiger partial charge in [-0.3, -0.25) is 0 Å². The second kappa shape index (κ2) is 4.70. The molecule has 1 aromatic carbocycles. The van der Waals surface area contributed by atoms with Crippen LogP contribution < -0.4 is 4.74 Å². The first-order chi connectivity index (χ1) is 8.87. The van der Waals surface area contributed by atoms with Crippen LogP contribution in [0.25, 0.3) is 0 Å². The van der Waals surface area contributed by atoms with Crippen LogP contribution in [0.5, 0.6) is 5.75 Å². The largest absolute Gasteiger partial charge is 0.495 e. The maximum Gasteiger partial charge on any atom is 0.272 e. The molecule has 1 aromatic heterocycles. The van der Waals surface area contributed by atoms with Gasteiger partial charge in [-0.25, -0.2) is 17.4 Å². The number of nitrogens with zero attached hydrogens (tertiary/aromatic N) is 2. The van der Waals surface area contributed by atoms with E-state index in [2.05, 4.69) is 4.98 Å². The van der Waals surface area contributed by atoms with Gasteiger partial charge in [-0.2, -0.15) is 0 Å². The van der Waals surface area contributed by atoms with Gasteiger partial charge in [-0.1, -0.05) is 0 Å². The highest BCUT2D eigenvalue weighted by atomic mass is 32.2. The molecule has 2 aromatic rings. The lowest BCUT2D eigenvalue weighted by atomic mass is 10.1. The molecule has 0 unspecified atom stereocenters. The maximum absolute atomic E-state index is 12.6. The van der Waals surface area contributed by atoms with E-state index >= 15 is 0 Å². The van der Waals surface area contributed by atoms with Gasteiger partial charge in [-0.15, -0.1) is 0 Å². The molecule has 0 bridgehead atoms. The van der Waals surface area contributed by atoms with Crippen LogP contribution >= 0.6 is 0 Å². The van der Waals surface area contributed by atoms with E-state index in [0.717, 1.165) is 15.1 Å². The van der Waals surface area contributed by atoms with Gasteiger partial charge in [0.2, 0.25) is 0 Å². The third-order valence-electron chi connectivity index (χ3n) is 3.10. The molecular weight excluding hydrogens is 264 g/mol. The minimum absolute atomic E-state index is 0.152. The fourth-order valence-electron chi connectivity index (χ4n) is 1.85. The molecule has 0 aliphatic heterocycles. The van der Waals surface area contributed by atoms with E-state index in [1.807, 2.05) is 13.8 Å². The fourth-order valence-corrected chi connectivity index (χ4v) is 3.39. The average Bonchev–Trinajstić information content (AvgIpc) is 2.79. The van der Waals surface area contributed by atoms with Crippen molar-refractivity contribution in [1.29, 1.82) is 0 Å². The molecule has 0 fully saturated rings. The summed E-state index contributed by atoms with van der Waals surface area (Å²) in [6.45, 7) is 5.43. The fraction of sp³-hybridized carbons (Fsp3) is 0.308. The highest BCUT2D eigenvalue weighted by Gasteiger charge is 2.23. The molecule has 0 saturated heterocycles. The first-order valence-electron chi connectivity index (χ1n) is 5.78. The van der Waals surface area contributed by atoms with Crippen molar-refractivity contribution >= 4 is 10.0 Å². The SMILES string of the molecule is COc1cc(C)c(C)cc1S(=O)(=O)n1ccnc1C. The van der Waals surface area contributed by atoms with E-state index in [1.165, 1.54) is 19.5 Å². The smallest absolute Gasteiger partial charge is 0.272 e. The Labute approximate surface area is 112 Å². The van der Waals surface area contributed by atoms with E-state index in [0.29, 0.717) is 11.6 Å². The maximum atomic E-state index is 12.6. The molecule has 1 heterocycles. The van der Waals surface area contributed by atoms with Crippen molar-refractivity contribution in [2.75, 3.05) is 7.11 Å². The standard InChI is InChI=1S/C13H16N2O3S/c1-9-7-12(18-4)13(8-10(9)2)19(16,17)15-6-5-14-11(15)3/h5-8H,1-4H3. The summed E-state index contributed by atoms with van der Waals surface area (Å²) in [4.78, 5) is 4.10. The number of aryl methyl sites for hydroxylation is 3. The van der Waals surface area contributed by atoms with Crippen LogP contribution in [-0.4, -0.2) is 24.5 Å². The lowest BCUT2D eigenvalue weighted by molar-refractivity contribution is 0.402. The third kappa shape index (κ3) is 2.23. The number of imidazole rings is 1. The minimum Gasteiger partial charge on any atom is -0.495 e. The molecule has 5 nitrogen and oxygen atoms in total. The summed E-state index contributed by atoms with van der Waals surface area (Å²) in [6.07, 6.45) is 2.89. The number of benzene rings is 1. The number of rotatable bonds is 3. The van der Waals surface area contributed by atoms with Gasteiger partial charge in [0, 0.05) is 12.4 Å². The number of hydrogen-bond donors (Lipinski definition) is 0. The Balaban J connectivity index is 2.71. The van der Waals surface area contributed by atoms with E-state index in [1.54, 1.807) is 19.1 Å². The van der Waals surface area contributed by atoms with E-state index in [9.17, 15) is 8.42 Å². The zero-order chi connectivity index (χ0) is 14.2. The van der Waals surface area contributed by atoms with Gasteiger partial charge >= 0.3 is 0 Å². The van der Waals surface area contributed by atoms with Crippen LogP contribution in [0, 0.1) is 20.8 Å². The van der Waals surface area contributed by atoms with Gasteiger partial charge in [0.15, 0.2) is 0 Å². The highest BCUT2D eigenvalue weighted by Crippen LogP contribution is 2.29. The van der Waals surface area contributed by atoms with Crippen molar-refractivity contribution in [3.63, 3.8) is 0 Å². The summed E-state index contributed by atoms with van der Waals surface area (Å²) in [5.74, 6) is 0.761. The summed E-state index contributed by atoms with van der Waals surface area (Å²) in [7, 11) is -2.22. The molecule has 0 amide bonds. The van der Waals surface area contributed by atoms with Gasteiger partial charge in [0.25, 0.3) is 10.0 Å². The van der Waals surface area contributed by atoms with Gasteiger partial charge in [-0.05, 0) is 44.0 Å². The van der Waals surface area contributed by atoms with Crippen LogP contribution in [0.1, 0.15) is 17.0 Å². The lowest BCUT2D eigenvalue weighted by Gasteiger charge is -2.13. The Morgan fingerprint density at radius 1 is 1.16 bits per heavy atom. The molecule has 2 rings (SSSR count). The molecule has 0 atom stereocenters. The van der Waals surface area contributed by atoms with Crippen LogP contribution in [-0.2, 0) is 10.0 Å². The predicted octanol–water partition coefficient (Wildman–Crippen LogP) is 2.05. The van der Waals surface area contributed by atoms with E-state index in [-0.39, 0.29) is 4.90 Å². The van der Waals surface area contributed by atoms with Crippen LogP contribution in [0.4, 0.5) is 0 Å². The monoisotopic (exact) mass is 280 g/mol. The Kier molecular flexibility index (Phi) is 3.36. The zero-order valence-electron chi connectivity index (χ0n) is 11.3. The molecule has 0 saturated carbocycles. The summed E-state index contributed by atoms with van der Waals surface area (Å²) in [6, 6.07) is 3.36. The number of hydrogen-bond acceptors (Lipinski definition) is 4. The van der Waals surface area contributed by atoms with E-state index < -0.39 is 10.0 Å². The Hall–Kier alpha value is -1.82. The quantitative estimate of drug-likeness (QED) is 0.863. The average molecular weight is 280 g/mol. The number of aromatic nitrogens is 2. The first kappa shape index (κ1) is 13.6. The van der Waals surface area contributed by atoms with Crippen molar-refractivity contribution in [3.05, 3.63) is 41.5 Å². The van der Waals surface area contributed by atoms with Crippen molar-refractivity contribution in [2.45, 2.75) is 25.7 Å². The summed E-state index contributed by atoms with van der Waals surface area (Å²) >= 11 is 0. The van der Waals surface area contributed by atoms with Crippen LogP contribution in [0.2, 0.25) is 0 Å². The molecular formula is C13H16N2O3S. The third-order valence-corrected chi connectivity index (χ3v) is 4.88. The minimum atomic E-state index is -3.68. The topological polar surface area (TPSA) is 61.2 Å². The molecule has 6 heteroatoms. The highest BCUT2D eigenvalue weighted by molar-refractivity contribution is 7.90. The zero-order valence-corrected chi connectivity index (χ0v) is 12.2. The molecule has 0 spiro atoms. The van der Waals surface area contributed by atoms with Crippen molar-refractivity contribution < 1.29 is 13.2 Å². The summed E-state index contributed by atoms with van der Waals surface area (Å²) in [5, 5.41) is 0. The lowest BCUT2D eigenvalue weighted by Crippen LogP contribution is -2.15. The molecule has 0 aliphatic rings. The molecule has 0 N–H and O–H groups in total. The second-order valence-electron chi connectivity index (χ2n) is 4.36. The molecule has 0 radical (unpaired) electrons. The normalized spacial score (nSPS) is 11.6. The Morgan fingerprint density at radius 2 is 1.79 bits per heavy atom. The van der Waals surface area contributed by atoms with Crippen molar-refractivity contribution in [2.24, 2.45) is 0 Å². The summed E-state index contributed by atoms with van der Waals surface area (Å²) in [5.41, 5.74) is 1.88. The second-order valence-corrected chi connectivity index (χ2v) is 6.15. The first-order valence-corrected chi connectivity index (χ1v) is 7.22. The Bertz CT molecular complexity index is 717. The molecule has 102 valence electrons. The van der Waals surface area contributed by atoms with Crippen molar-refractivity contribution in [1.82, 2.24) is 8.96 Å². The van der Waals surface area contributed by atoms with Crippen LogP contribution in [0.3, 0.4) is 0 Å². The summed E-state index contributed by atoms with van der Waals surface area (Å²) < 4.78 is 31.5. The molecule has 19 heavy (non-hydrogen) atoms. The number of methoxy groups -OCH3 is 1. The van der Waals surface area contributed by atoms with Gasteiger partial charge < -0.3 is 4.74 Å². The number of ether oxygens (including phenoxy) is 1. The van der Waals surface area contributed by atoms with Gasteiger partial charge in [0.05, 0.1) is 7.11 Å². The Morgan fingerprint density at radius 3 is 2.32 bits per heavy atom. The van der Waals surface area contributed by atoms with E-state index in [4.69, 9.17) is 4.74 Å².